The normalized spacial score (nSPS) is 22.3. The van der Waals surface area contributed by atoms with Crippen LogP contribution in [0.2, 0.25) is 0 Å². The number of rotatable bonds is 5. The lowest BCUT2D eigenvalue weighted by Crippen LogP contribution is -2.45. The van der Waals surface area contributed by atoms with E-state index in [9.17, 15) is 0 Å². The summed E-state index contributed by atoms with van der Waals surface area (Å²) in [5.74, 6) is 0.968. The maximum atomic E-state index is 6.38. The van der Waals surface area contributed by atoms with Crippen molar-refractivity contribution in [2.75, 3.05) is 6.54 Å². The number of hydrogen-bond acceptors (Lipinski definition) is 3. The average Bonchev–Trinajstić information content (AvgIpc) is 2.54. The first-order valence-corrected chi connectivity index (χ1v) is 8.12. The lowest BCUT2D eigenvalue weighted by atomic mass is 9.92. The number of hydrogen-bond donors (Lipinski definition) is 1. The van der Waals surface area contributed by atoms with Crippen molar-refractivity contribution in [1.29, 1.82) is 0 Å². The molecule has 0 aliphatic heterocycles. The van der Waals surface area contributed by atoms with E-state index < -0.39 is 0 Å². The minimum atomic E-state index is 0.274. The first-order valence-electron chi connectivity index (χ1n) is 8.12. The lowest BCUT2D eigenvalue weighted by Gasteiger charge is -2.33. The van der Waals surface area contributed by atoms with Crippen LogP contribution in [0.1, 0.15) is 39.0 Å². The Hall–Kier alpha value is -1.61. The highest BCUT2D eigenvalue weighted by Crippen LogP contribution is 2.29. The summed E-state index contributed by atoms with van der Waals surface area (Å²) in [7, 11) is 0. The fraction of sp³-hybridized carbons (Fsp3) is 0.500. The van der Waals surface area contributed by atoms with Crippen LogP contribution in [-0.4, -0.2) is 23.7 Å². The molecule has 21 heavy (non-hydrogen) atoms. The number of ether oxygens (including phenoxy) is 1. The van der Waals surface area contributed by atoms with E-state index in [1.54, 1.807) is 0 Å². The molecule has 2 aromatic rings. The van der Waals surface area contributed by atoms with Gasteiger partial charge in [-0.3, -0.25) is 4.98 Å². The van der Waals surface area contributed by atoms with Gasteiger partial charge in [0.25, 0.3) is 0 Å². The standard InChI is InChI=1S/C18H24N2O/c1-2-12-19-16-8-3-4-10-18(16)21-17-11-5-9-15-14(17)7-6-13-20-15/h5-7,9,11,13,16,18-19H,2-4,8,10,12H2,1H3. The van der Waals surface area contributed by atoms with E-state index in [0.29, 0.717) is 6.04 Å². The Morgan fingerprint density at radius 3 is 3.00 bits per heavy atom. The molecule has 0 amide bonds. The van der Waals surface area contributed by atoms with Gasteiger partial charge < -0.3 is 10.1 Å². The van der Waals surface area contributed by atoms with E-state index in [-0.39, 0.29) is 6.10 Å². The van der Waals surface area contributed by atoms with Gasteiger partial charge in [-0.15, -0.1) is 0 Å². The number of nitrogens with one attached hydrogen (secondary N) is 1. The van der Waals surface area contributed by atoms with Gasteiger partial charge in [-0.2, -0.15) is 0 Å². The molecule has 3 heteroatoms. The fourth-order valence-electron chi connectivity index (χ4n) is 3.14. The Morgan fingerprint density at radius 1 is 1.19 bits per heavy atom. The largest absolute Gasteiger partial charge is 0.488 e. The highest BCUT2D eigenvalue weighted by molar-refractivity contribution is 5.84. The summed E-state index contributed by atoms with van der Waals surface area (Å²) >= 11 is 0. The Bertz CT molecular complexity index is 579. The second kappa shape index (κ2) is 6.90. The lowest BCUT2D eigenvalue weighted by molar-refractivity contribution is 0.115. The van der Waals surface area contributed by atoms with Gasteiger partial charge >= 0.3 is 0 Å². The van der Waals surface area contributed by atoms with Gasteiger partial charge in [0.2, 0.25) is 0 Å². The third-order valence-electron chi connectivity index (χ3n) is 4.24. The van der Waals surface area contributed by atoms with E-state index in [1.807, 2.05) is 24.4 Å². The zero-order valence-corrected chi connectivity index (χ0v) is 12.7. The molecule has 1 aromatic carbocycles. The minimum Gasteiger partial charge on any atom is -0.488 e. The predicted octanol–water partition coefficient (Wildman–Crippen LogP) is 3.92. The molecule has 0 bridgehead atoms. The first-order chi connectivity index (χ1) is 10.4. The van der Waals surface area contributed by atoms with Gasteiger partial charge in [0.1, 0.15) is 11.9 Å². The molecule has 1 saturated carbocycles. The number of aromatic nitrogens is 1. The molecule has 112 valence electrons. The van der Waals surface area contributed by atoms with Crippen LogP contribution in [0.25, 0.3) is 10.9 Å². The van der Waals surface area contributed by atoms with Crippen molar-refractivity contribution in [3.05, 3.63) is 36.5 Å². The Morgan fingerprint density at radius 2 is 2.10 bits per heavy atom. The molecule has 1 aromatic heterocycles. The summed E-state index contributed by atoms with van der Waals surface area (Å²) in [6.07, 6.45) is 8.19. The van der Waals surface area contributed by atoms with Crippen molar-refractivity contribution in [2.24, 2.45) is 0 Å². The predicted molar refractivity (Wildman–Crippen MR) is 86.7 cm³/mol. The monoisotopic (exact) mass is 284 g/mol. The van der Waals surface area contributed by atoms with Crippen LogP contribution < -0.4 is 10.1 Å². The molecule has 3 rings (SSSR count). The molecule has 1 aliphatic rings. The molecule has 1 aliphatic carbocycles. The van der Waals surface area contributed by atoms with Crippen molar-refractivity contribution < 1.29 is 4.74 Å². The van der Waals surface area contributed by atoms with Crippen LogP contribution in [0.15, 0.2) is 36.5 Å². The van der Waals surface area contributed by atoms with Crippen molar-refractivity contribution in [3.63, 3.8) is 0 Å². The maximum absolute atomic E-state index is 6.38. The van der Waals surface area contributed by atoms with E-state index in [2.05, 4.69) is 29.4 Å². The average molecular weight is 284 g/mol. The summed E-state index contributed by atoms with van der Waals surface area (Å²) in [6.45, 7) is 3.28. The molecular formula is C18H24N2O. The second-order valence-electron chi connectivity index (χ2n) is 5.83. The molecule has 0 saturated heterocycles. The number of benzene rings is 1. The molecular weight excluding hydrogens is 260 g/mol. The van der Waals surface area contributed by atoms with Crippen LogP contribution in [0, 0.1) is 0 Å². The molecule has 0 spiro atoms. The topological polar surface area (TPSA) is 34.1 Å². The summed E-state index contributed by atoms with van der Waals surface area (Å²) < 4.78 is 6.38. The van der Waals surface area contributed by atoms with Crippen LogP contribution in [-0.2, 0) is 0 Å². The maximum Gasteiger partial charge on any atom is 0.129 e. The first kappa shape index (κ1) is 14.3. The summed E-state index contributed by atoms with van der Waals surface area (Å²) in [4.78, 5) is 4.41. The Balaban J connectivity index is 1.79. The Labute approximate surface area is 126 Å². The smallest absolute Gasteiger partial charge is 0.129 e. The van der Waals surface area contributed by atoms with Crippen LogP contribution >= 0.6 is 0 Å². The third-order valence-corrected chi connectivity index (χ3v) is 4.24. The Kier molecular flexibility index (Phi) is 4.71. The SMILES string of the molecule is CCCNC1CCCCC1Oc1cccc2ncccc12. The molecule has 1 heterocycles. The van der Waals surface area contributed by atoms with E-state index in [0.717, 1.165) is 29.6 Å². The van der Waals surface area contributed by atoms with Crippen LogP contribution in [0.3, 0.4) is 0 Å². The van der Waals surface area contributed by atoms with Crippen LogP contribution in [0.5, 0.6) is 5.75 Å². The quantitative estimate of drug-likeness (QED) is 0.903. The van der Waals surface area contributed by atoms with Crippen molar-refractivity contribution in [3.8, 4) is 5.75 Å². The zero-order chi connectivity index (χ0) is 14.5. The van der Waals surface area contributed by atoms with E-state index in [1.165, 1.54) is 25.7 Å². The van der Waals surface area contributed by atoms with Crippen molar-refractivity contribution >= 4 is 10.9 Å². The van der Waals surface area contributed by atoms with E-state index >= 15 is 0 Å². The van der Waals surface area contributed by atoms with Crippen LogP contribution in [0.4, 0.5) is 0 Å². The number of pyridine rings is 1. The molecule has 2 atom stereocenters. The number of nitrogens with zero attached hydrogens (tertiary/aromatic N) is 1. The molecule has 0 radical (unpaired) electrons. The van der Waals surface area contributed by atoms with Gasteiger partial charge in [-0.1, -0.05) is 19.4 Å². The van der Waals surface area contributed by atoms with Crippen molar-refractivity contribution in [2.45, 2.75) is 51.2 Å². The highest BCUT2D eigenvalue weighted by atomic mass is 16.5. The van der Waals surface area contributed by atoms with E-state index in [4.69, 9.17) is 4.74 Å². The molecule has 2 unspecified atom stereocenters. The van der Waals surface area contributed by atoms with Gasteiger partial charge in [0, 0.05) is 17.6 Å². The highest BCUT2D eigenvalue weighted by Gasteiger charge is 2.26. The summed E-state index contributed by atoms with van der Waals surface area (Å²) in [5.41, 5.74) is 1.00. The zero-order valence-electron chi connectivity index (χ0n) is 12.7. The third kappa shape index (κ3) is 3.35. The minimum absolute atomic E-state index is 0.274. The van der Waals surface area contributed by atoms with Gasteiger partial charge in [0.15, 0.2) is 0 Å². The van der Waals surface area contributed by atoms with Crippen molar-refractivity contribution in [1.82, 2.24) is 10.3 Å². The van der Waals surface area contributed by atoms with Gasteiger partial charge in [-0.25, -0.2) is 0 Å². The summed E-state index contributed by atoms with van der Waals surface area (Å²) in [6, 6.07) is 10.7. The molecule has 1 N–H and O–H groups in total. The molecule has 1 fully saturated rings. The fourth-order valence-corrected chi connectivity index (χ4v) is 3.14. The molecule has 3 nitrogen and oxygen atoms in total. The van der Waals surface area contributed by atoms with Gasteiger partial charge in [0.05, 0.1) is 5.52 Å². The second-order valence-corrected chi connectivity index (χ2v) is 5.83. The van der Waals surface area contributed by atoms with Gasteiger partial charge in [-0.05, 0) is 56.5 Å². The number of fused-ring (bicyclic) bond motifs is 1. The summed E-state index contributed by atoms with van der Waals surface area (Å²) in [5, 5.41) is 4.76.